The molecule has 3 nitrogen and oxygen atoms in total. The van der Waals surface area contributed by atoms with E-state index in [1.54, 1.807) is 12.1 Å². The van der Waals surface area contributed by atoms with Crippen molar-refractivity contribution in [1.82, 2.24) is 0 Å². The van der Waals surface area contributed by atoms with E-state index in [4.69, 9.17) is 15.9 Å². The summed E-state index contributed by atoms with van der Waals surface area (Å²) in [7, 11) is 1.28. The Morgan fingerprint density at radius 2 is 2.13 bits per heavy atom. The van der Waals surface area contributed by atoms with Crippen LogP contribution in [0.5, 0.6) is 0 Å². The van der Waals surface area contributed by atoms with Crippen molar-refractivity contribution in [2.24, 2.45) is 0 Å². The van der Waals surface area contributed by atoms with Crippen LogP contribution < -0.4 is 0 Å². The number of hydrogen-bond donors (Lipinski definition) is 1. The third-order valence-corrected chi connectivity index (χ3v) is 4.36. The summed E-state index contributed by atoms with van der Waals surface area (Å²) in [5.74, 6) is 0. The molecule has 0 N–H and O–H groups in total. The van der Waals surface area contributed by atoms with Gasteiger partial charge in [0.2, 0.25) is 0 Å². The summed E-state index contributed by atoms with van der Waals surface area (Å²) in [4.78, 5) is -0.0205. The molecule has 1 rings (SSSR count). The Morgan fingerprint density at radius 3 is 2.53 bits per heavy atom. The van der Waals surface area contributed by atoms with Crippen molar-refractivity contribution in [3.05, 3.63) is 23.3 Å². The molecule has 0 amide bonds. The highest BCUT2D eigenvalue weighted by molar-refractivity contribution is 9.08. The van der Waals surface area contributed by atoms with Crippen LogP contribution in [0.15, 0.2) is 21.9 Å². The van der Waals surface area contributed by atoms with E-state index >= 15 is 0 Å². The Labute approximate surface area is 106 Å². The van der Waals surface area contributed by atoms with E-state index in [1.807, 2.05) is 0 Å². The second-order valence-corrected chi connectivity index (χ2v) is 6.14. The fourth-order valence-corrected chi connectivity index (χ4v) is 3.75. The molecule has 15 heavy (non-hydrogen) atoms. The first-order valence-corrected chi connectivity index (χ1v) is 7.55. The Balaban J connectivity index is 3.67. The van der Waals surface area contributed by atoms with Gasteiger partial charge in [-0.2, -0.15) is 5.26 Å². The van der Waals surface area contributed by atoms with Crippen LogP contribution in [0.3, 0.4) is 0 Å². The first-order valence-electron chi connectivity index (χ1n) is 3.67. The Kier molecular flexibility index (Phi) is 4.06. The fraction of sp³-hybridized carbons (Fsp3) is 0.125. The highest BCUT2D eigenvalue weighted by Crippen LogP contribution is 2.30. The molecule has 0 aliphatic carbocycles. The number of nitriles is 1. The van der Waals surface area contributed by atoms with E-state index in [1.165, 1.54) is 6.07 Å². The Morgan fingerprint density at radius 1 is 1.53 bits per heavy atom. The zero-order valence-electron chi connectivity index (χ0n) is 7.24. The standard InChI is InChI=1S/C8H5BrClNO2S2/c9-3-5-1-2-6(4-11)8(7(5)14)15(10,12)13/h1-2,14H,3H2. The van der Waals surface area contributed by atoms with E-state index in [9.17, 15) is 8.42 Å². The molecular formula is C8H5BrClNO2S2. The van der Waals surface area contributed by atoms with Gasteiger partial charge in [-0.3, -0.25) is 0 Å². The number of rotatable bonds is 2. The minimum atomic E-state index is -3.96. The topological polar surface area (TPSA) is 57.9 Å². The van der Waals surface area contributed by atoms with E-state index < -0.39 is 9.05 Å². The maximum absolute atomic E-state index is 11.3. The first-order chi connectivity index (χ1) is 6.91. The summed E-state index contributed by atoms with van der Waals surface area (Å²) in [5, 5.41) is 9.19. The van der Waals surface area contributed by atoms with Crippen LogP contribution >= 0.6 is 39.2 Å². The van der Waals surface area contributed by atoms with Crippen molar-refractivity contribution in [3.63, 3.8) is 0 Å². The second-order valence-electron chi connectivity index (χ2n) is 2.63. The van der Waals surface area contributed by atoms with Crippen LogP contribution in [-0.2, 0) is 14.4 Å². The van der Waals surface area contributed by atoms with Crippen molar-refractivity contribution in [2.45, 2.75) is 15.1 Å². The van der Waals surface area contributed by atoms with Gasteiger partial charge < -0.3 is 0 Å². The van der Waals surface area contributed by atoms with Gasteiger partial charge in [-0.15, -0.1) is 12.6 Å². The van der Waals surface area contributed by atoms with E-state index in [-0.39, 0.29) is 15.4 Å². The third-order valence-electron chi connectivity index (χ3n) is 1.72. The minimum Gasteiger partial charge on any atom is -0.207 e. The second kappa shape index (κ2) is 4.74. The summed E-state index contributed by atoms with van der Waals surface area (Å²) < 4.78 is 22.5. The lowest BCUT2D eigenvalue weighted by atomic mass is 10.2. The molecule has 1 aromatic carbocycles. The summed E-state index contributed by atoms with van der Waals surface area (Å²) in [5.41, 5.74) is 0.663. The Bertz CT molecular complexity index is 536. The van der Waals surface area contributed by atoms with Crippen molar-refractivity contribution in [1.29, 1.82) is 5.26 Å². The van der Waals surface area contributed by atoms with Gasteiger partial charge in [0, 0.05) is 20.9 Å². The van der Waals surface area contributed by atoms with Crippen LogP contribution in [0.4, 0.5) is 0 Å². The van der Waals surface area contributed by atoms with Crippen molar-refractivity contribution in [3.8, 4) is 6.07 Å². The first kappa shape index (κ1) is 12.8. The van der Waals surface area contributed by atoms with E-state index in [0.717, 1.165) is 0 Å². The predicted octanol–water partition coefficient (Wildman–Crippen LogP) is 2.67. The zero-order chi connectivity index (χ0) is 11.6. The minimum absolute atomic E-state index is 0.000278. The molecule has 0 heterocycles. The van der Waals surface area contributed by atoms with Gasteiger partial charge in [-0.05, 0) is 11.6 Å². The summed E-state index contributed by atoms with van der Waals surface area (Å²) >= 11 is 7.25. The molecule has 7 heteroatoms. The van der Waals surface area contributed by atoms with Crippen LogP contribution in [-0.4, -0.2) is 8.42 Å². The predicted molar refractivity (Wildman–Crippen MR) is 64.1 cm³/mol. The molecule has 0 unspecified atom stereocenters. The van der Waals surface area contributed by atoms with E-state index in [0.29, 0.717) is 10.9 Å². The van der Waals surface area contributed by atoms with Gasteiger partial charge >= 0.3 is 0 Å². The van der Waals surface area contributed by atoms with Crippen molar-refractivity contribution in [2.75, 3.05) is 0 Å². The number of nitrogens with zero attached hydrogens (tertiary/aromatic N) is 1. The van der Waals surface area contributed by atoms with E-state index in [2.05, 4.69) is 28.6 Å². The quantitative estimate of drug-likeness (QED) is 0.516. The molecule has 80 valence electrons. The van der Waals surface area contributed by atoms with Gasteiger partial charge in [-0.1, -0.05) is 22.0 Å². The average molecular weight is 327 g/mol. The third kappa shape index (κ3) is 2.67. The number of halogens is 2. The van der Waals surface area contributed by atoms with Crippen LogP contribution in [0.25, 0.3) is 0 Å². The molecule has 1 aromatic rings. The fourth-order valence-electron chi connectivity index (χ4n) is 1.05. The van der Waals surface area contributed by atoms with Gasteiger partial charge in [0.05, 0.1) is 5.56 Å². The van der Waals surface area contributed by atoms with Crippen molar-refractivity contribution < 1.29 is 8.42 Å². The van der Waals surface area contributed by atoms with Gasteiger partial charge in [0.25, 0.3) is 9.05 Å². The molecule has 0 aliphatic heterocycles. The number of alkyl halides is 1. The van der Waals surface area contributed by atoms with Gasteiger partial charge in [-0.25, -0.2) is 8.42 Å². The molecule has 0 aliphatic rings. The highest BCUT2D eigenvalue weighted by atomic mass is 79.9. The lowest BCUT2D eigenvalue weighted by Crippen LogP contribution is -1.99. The number of benzene rings is 1. The molecule has 0 radical (unpaired) electrons. The SMILES string of the molecule is N#Cc1ccc(CBr)c(S)c1S(=O)(=O)Cl. The molecule has 0 atom stereocenters. The number of hydrogen-bond acceptors (Lipinski definition) is 4. The molecule has 0 bridgehead atoms. The molecule has 0 fully saturated rings. The summed E-state index contributed by atoms with van der Waals surface area (Å²) in [6, 6.07) is 4.80. The van der Waals surface area contributed by atoms with Gasteiger partial charge in [0.15, 0.2) is 0 Å². The normalized spacial score (nSPS) is 11.1. The van der Waals surface area contributed by atoms with Gasteiger partial charge in [0.1, 0.15) is 11.0 Å². The van der Waals surface area contributed by atoms with Crippen LogP contribution in [0.2, 0.25) is 0 Å². The Hall–Kier alpha value is -0.220. The number of thiol groups is 1. The lowest BCUT2D eigenvalue weighted by Gasteiger charge is -2.07. The van der Waals surface area contributed by atoms with Crippen LogP contribution in [0.1, 0.15) is 11.1 Å². The maximum Gasteiger partial charge on any atom is 0.263 e. The molecule has 0 spiro atoms. The smallest absolute Gasteiger partial charge is 0.207 e. The molecule has 0 saturated carbocycles. The van der Waals surface area contributed by atoms with Crippen LogP contribution in [0, 0.1) is 11.3 Å². The summed E-state index contributed by atoms with van der Waals surface area (Å²) in [6.45, 7) is 0. The molecule has 0 aromatic heterocycles. The largest absolute Gasteiger partial charge is 0.263 e. The highest BCUT2D eigenvalue weighted by Gasteiger charge is 2.21. The molecule has 0 saturated heterocycles. The average Bonchev–Trinajstić information content (AvgIpc) is 2.15. The van der Waals surface area contributed by atoms with Crippen molar-refractivity contribution >= 4 is 48.3 Å². The zero-order valence-corrected chi connectivity index (χ0v) is 11.3. The lowest BCUT2D eigenvalue weighted by molar-refractivity contribution is 0.607. The molecular weight excluding hydrogens is 322 g/mol. The summed E-state index contributed by atoms with van der Waals surface area (Å²) in [6.07, 6.45) is 0. The monoisotopic (exact) mass is 325 g/mol. The maximum atomic E-state index is 11.3.